The first-order valence-electron chi connectivity index (χ1n) is 6.67. The summed E-state index contributed by atoms with van der Waals surface area (Å²) in [5.74, 6) is 0.764. The SMILES string of the molecule is C[C@H](c1nc2ccccc2c(=O)[nH]1)[NH+]1CCOCC1. The normalized spacial score (nSPS) is 18.6. The zero-order valence-corrected chi connectivity index (χ0v) is 11.0. The van der Waals surface area contributed by atoms with E-state index in [0.29, 0.717) is 5.39 Å². The molecule has 3 rings (SSSR count). The molecule has 2 heterocycles. The molecule has 1 fully saturated rings. The summed E-state index contributed by atoms with van der Waals surface area (Å²) >= 11 is 0. The van der Waals surface area contributed by atoms with Gasteiger partial charge in [-0.25, -0.2) is 4.98 Å². The second-order valence-corrected chi connectivity index (χ2v) is 4.96. The van der Waals surface area contributed by atoms with Crippen LogP contribution in [0.15, 0.2) is 29.1 Å². The van der Waals surface area contributed by atoms with Crippen molar-refractivity contribution in [2.24, 2.45) is 0 Å². The van der Waals surface area contributed by atoms with Crippen LogP contribution in [-0.4, -0.2) is 36.3 Å². The maximum absolute atomic E-state index is 12.1. The van der Waals surface area contributed by atoms with Crippen molar-refractivity contribution in [1.29, 1.82) is 0 Å². The van der Waals surface area contributed by atoms with Crippen molar-refractivity contribution in [3.8, 4) is 0 Å². The average molecular weight is 260 g/mol. The molecule has 2 N–H and O–H groups in total. The Morgan fingerprint density at radius 1 is 1.32 bits per heavy atom. The van der Waals surface area contributed by atoms with Gasteiger partial charge in [0.25, 0.3) is 5.56 Å². The van der Waals surface area contributed by atoms with Gasteiger partial charge in [0.15, 0.2) is 5.82 Å². The van der Waals surface area contributed by atoms with E-state index in [1.165, 1.54) is 4.90 Å². The molecular formula is C14H18N3O2+. The van der Waals surface area contributed by atoms with Gasteiger partial charge in [-0.1, -0.05) is 12.1 Å². The molecule has 1 aromatic heterocycles. The maximum atomic E-state index is 12.1. The number of ether oxygens (including phenoxy) is 1. The quantitative estimate of drug-likeness (QED) is 0.792. The minimum absolute atomic E-state index is 0.0555. The number of nitrogens with one attached hydrogen (secondary N) is 2. The number of hydrogen-bond acceptors (Lipinski definition) is 3. The highest BCUT2D eigenvalue weighted by Gasteiger charge is 2.24. The molecule has 1 aromatic carbocycles. The Bertz CT molecular complexity index is 632. The van der Waals surface area contributed by atoms with Gasteiger partial charge in [-0.05, 0) is 19.1 Å². The summed E-state index contributed by atoms with van der Waals surface area (Å²) in [5, 5.41) is 0.649. The topological polar surface area (TPSA) is 59.4 Å². The lowest BCUT2D eigenvalue weighted by molar-refractivity contribution is -0.937. The number of aromatic amines is 1. The summed E-state index contributed by atoms with van der Waals surface area (Å²) in [6.07, 6.45) is 0. The Balaban J connectivity index is 1.98. The fourth-order valence-electron chi connectivity index (χ4n) is 2.57. The molecule has 5 heteroatoms. The third-order valence-electron chi connectivity index (χ3n) is 3.79. The Kier molecular flexibility index (Phi) is 3.31. The van der Waals surface area contributed by atoms with Crippen LogP contribution >= 0.6 is 0 Å². The van der Waals surface area contributed by atoms with Crippen LogP contribution in [-0.2, 0) is 4.74 Å². The molecule has 19 heavy (non-hydrogen) atoms. The van der Waals surface area contributed by atoms with Crippen molar-refractivity contribution in [1.82, 2.24) is 9.97 Å². The molecule has 100 valence electrons. The van der Waals surface area contributed by atoms with E-state index in [4.69, 9.17) is 4.74 Å². The van der Waals surface area contributed by atoms with Crippen LogP contribution in [0, 0.1) is 0 Å². The smallest absolute Gasteiger partial charge is 0.258 e. The lowest BCUT2D eigenvalue weighted by Crippen LogP contribution is -3.14. The predicted octanol–water partition coefficient (Wildman–Crippen LogP) is -0.101. The van der Waals surface area contributed by atoms with Crippen LogP contribution in [0.25, 0.3) is 10.9 Å². The van der Waals surface area contributed by atoms with Crippen LogP contribution in [0.5, 0.6) is 0 Å². The Labute approximate surface area is 111 Å². The summed E-state index contributed by atoms with van der Waals surface area (Å²) in [4.78, 5) is 21.0. The van der Waals surface area contributed by atoms with E-state index in [1.54, 1.807) is 6.07 Å². The molecule has 2 aromatic rings. The molecule has 0 saturated carbocycles. The minimum Gasteiger partial charge on any atom is -0.370 e. The number of morpholine rings is 1. The molecule has 1 saturated heterocycles. The monoisotopic (exact) mass is 260 g/mol. The molecule has 0 spiro atoms. The van der Waals surface area contributed by atoms with Crippen molar-refractivity contribution in [3.63, 3.8) is 0 Å². The largest absolute Gasteiger partial charge is 0.370 e. The summed E-state index contributed by atoms with van der Waals surface area (Å²) in [6, 6.07) is 7.63. The molecule has 5 nitrogen and oxygen atoms in total. The number of nitrogens with zero attached hydrogens (tertiary/aromatic N) is 1. The summed E-state index contributed by atoms with van der Waals surface area (Å²) in [6.45, 7) is 5.57. The van der Waals surface area contributed by atoms with Gasteiger partial charge < -0.3 is 14.6 Å². The minimum atomic E-state index is -0.0555. The van der Waals surface area contributed by atoms with Crippen molar-refractivity contribution >= 4 is 10.9 Å². The van der Waals surface area contributed by atoms with E-state index in [-0.39, 0.29) is 11.6 Å². The third-order valence-corrected chi connectivity index (χ3v) is 3.79. The van der Waals surface area contributed by atoms with Gasteiger partial charge >= 0.3 is 0 Å². The van der Waals surface area contributed by atoms with Gasteiger partial charge in [-0.3, -0.25) is 4.79 Å². The van der Waals surface area contributed by atoms with Crippen LogP contribution in [0.3, 0.4) is 0 Å². The fraction of sp³-hybridized carbons (Fsp3) is 0.429. The molecule has 0 amide bonds. The second-order valence-electron chi connectivity index (χ2n) is 4.96. The fourth-order valence-corrected chi connectivity index (χ4v) is 2.57. The van der Waals surface area contributed by atoms with Gasteiger partial charge in [0.05, 0.1) is 24.1 Å². The van der Waals surface area contributed by atoms with Crippen molar-refractivity contribution in [2.75, 3.05) is 26.3 Å². The standard InChI is InChI=1S/C14H17N3O2/c1-10(17-6-8-19-9-7-17)13-15-12-5-3-2-4-11(12)14(18)16-13/h2-5,10H,6-9H2,1H3,(H,15,16,18)/p+1/t10-/m1/s1. The molecule has 0 unspecified atom stereocenters. The highest BCUT2D eigenvalue weighted by Crippen LogP contribution is 2.09. The van der Waals surface area contributed by atoms with E-state index in [2.05, 4.69) is 16.9 Å². The number of fused-ring (bicyclic) bond motifs is 1. The van der Waals surface area contributed by atoms with Gasteiger partial charge in [0, 0.05) is 0 Å². The Morgan fingerprint density at radius 3 is 2.84 bits per heavy atom. The predicted molar refractivity (Wildman–Crippen MR) is 72.3 cm³/mol. The van der Waals surface area contributed by atoms with Crippen LogP contribution in [0.4, 0.5) is 0 Å². The van der Waals surface area contributed by atoms with Gasteiger partial charge in [0.1, 0.15) is 19.1 Å². The molecule has 1 atom stereocenters. The van der Waals surface area contributed by atoms with E-state index < -0.39 is 0 Å². The number of benzene rings is 1. The van der Waals surface area contributed by atoms with Crippen molar-refractivity contribution in [3.05, 3.63) is 40.4 Å². The van der Waals surface area contributed by atoms with Crippen molar-refractivity contribution < 1.29 is 9.64 Å². The molecular weight excluding hydrogens is 242 g/mol. The van der Waals surface area contributed by atoms with E-state index in [9.17, 15) is 4.79 Å². The zero-order chi connectivity index (χ0) is 13.2. The number of para-hydroxylation sites is 1. The third kappa shape index (κ3) is 2.39. The van der Waals surface area contributed by atoms with Gasteiger partial charge in [-0.15, -0.1) is 0 Å². The number of quaternary nitrogens is 1. The number of hydrogen-bond donors (Lipinski definition) is 2. The number of aromatic nitrogens is 2. The Hall–Kier alpha value is -1.72. The summed E-state index contributed by atoms with van der Waals surface area (Å²) in [7, 11) is 0. The van der Waals surface area contributed by atoms with Crippen LogP contribution in [0.2, 0.25) is 0 Å². The molecule has 0 aliphatic carbocycles. The maximum Gasteiger partial charge on any atom is 0.258 e. The molecule has 0 bridgehead atoms. The van der Waals surface area contributed by atoms with E-state index in [0.717, 1.165) is 37.6 Å². The van der Waals surface area contributed by atoms with E-state index >= 15 is 0 Å². The first-order valence-corrected chi connectivity index (χ1v) is 6.67. The average Bonchev–Trinajstić information content (AvgIpc) is 2.47. The highest BCUT2D eigenvalue weighted by molar-refractivity contribution is 5.77. The summed E-state index contributed by atoms with van der Waals surface area (Å²) in [5.41, 5.74) is 0.709. The zero-order valence-electron chi connectivity index (χ0n) is 11.0. The molecule has 0 radical (unpaired) electrons. The highest BCUT2D eigenvalue weighted by atomic mass is 16.5. The first kappa shape index (κ1) is 12.3. The van der Waals surface area contributed by atoms with Gasteiger partial charge in [-0.2, -0.15) is 0 Å². The number of H-pyrrole nitrogens is 1. The Morgan fingerprint density at radius 2 is 2.05 bits per heavy atom. The molecule has 1 aliphatic heterocycles. The summed E-state index contributed by atoms with van der Waals surface area (Å²) < 4.78 is 5.37. The molecule has 1 aliphatic rings. The van der Waals surface area contributed by atoms with Crippen LogP contribution < -0.4 is 10.5 Å². The second kappa shape index (κ2) is 5.11. The van der Waals surface area contributed by atoms with E-state index in [1.807, 2.05) is 18.2 Å². The lowest BCUT2D eigenvalue weighted by atomic mass is 10.2. The van der Waals surface area contributed by atoms with Crippen molar-refractivity contribution in [2.45, 2.75) is 13.0 Å². The lowest BCUT2D eigenvalue weighted by Gasteiger charge is -2.28. The first-order chi connectivity index (χ1) is 9.25. The number of rotatable bonds is 2. The van der Waals surface area contributed by atoms with Gasteiger partial charge in [0.2, 0.25) is 0 Å². The van der Waals surface area contributed by atoms with Crippen LogP contribution in [0.1, 0.15) is 18.8 Å².